The maximum Gasteiger partial charge on any atom is 0.261 e. The number of amides is 1. The molecule has 0 saturated carbocycles. The molecule has 1 amide bonds. The lowest BCUT2D eigenvalue weighted by Crippen LogP contribution is -2.26. The second-order valence-corrected chi connectivity index (χ2v) is 5.49. The summed E-state index contributed by atoms with van der Waals surface area (Å²) in [6.07, 6.45) is 3.07. The summed E-state index contributed by atoms with van der Waals surface area (Å²) in [6, 6.07) is 17.4. The van der Waals surface area contributed by atoms with Crippen LogP contribution in [-0.4, -0.2) is 22.9 Å². The highest BCUT2D eigenvalue weighted by Gasteiger charge is 2.14. The second kappa shape index (κ2) is 6.91. The molecule has 5 heteroatoms. The molecule has 0 radical (unpaired) electrons. The summed E-state index contributed by atoms with van der Waals surface area (Å²) < 4.78 is 0. The minimum absolute atomic E-state index is 0.150. The first-order valence-electron chi connectivity index (χ1n) is 7.62. The van der Waals surface area contributed by atoms with Gasteiger partial charge in [0, 0.05) is 30.8 Å². The molecule has 0 saturated heterocycles. The van der Waals surface area contributed by atoms with E-state index in [4.69, 9.17) is 0 Å². The largest absolute Gasteiger partial charge is 0.324 e. The van der Waals surface area contributed by atoms with Gasteiger partial charge in [-0.2, -0.15) is 0 Å². The summed E-state index contributed by atoms with van der Waals surface area (Å²) in [7, 11) is 1.73. The van der Waals surface area contributed by atoms with Gasteiger partial charge in [0.05, 0.1) is 5.56 Å². The number of para-hydroxylation sites is 1. The summed E-state index contributed by atoms with van der Waals surface area (Å²) in [5.41, 5.74) is 3.35. The van der Waals surface area contributed by atoms with Gasteiger partial charge in [0.1, 0.15) is 0 Å². The van der Waals surface area contributed by atoms with Crippen molar-refractivity contribution < 1.29 is 4.79 Å². The Balaban J connectivity index is 1.72. The molecule has 0 spiro atoms. The number of carbonyl (C=O) groups excluding carboxylic acids is 1. The van der Waals surface area contributed by atoms with E-state index in [1.165, 1.54) is 18.0 Å². The predicted molar refractivity (Wildman–Crippen MR) is 95.7 cm³/mol. The zero-order chi connectivity index (χ0) is 16.9. The zero-order valence-corrected chi connectivity index (χ0v) is 13.6. The summed E-state index contributed by atoms with van der Waals surface area (Å²) >= 11 is 0. The number of hydrogen-bond donors (Lipinski definition) is 1. The molecule has 24 heavy (non-hydrogen) atoms. The fourth-order valence-corrected chi connectivity index (χ4v) is 2.23. The Morgan fingerprint density at radius 3 is 2.21 bits per heavy atom. The van der Waals surface area contributed by atoms with Crippen LogP contribution in [0.2, 0.25) is 0 Å². The standard InChI is InChI=1S/C19H18N4O/c1-14-8-10-16(11-9-14)22-19-20-12-15(13-21-19)18(24)23(2)17-6-4-3-5-7-17/h3-13H,1-2H3,(H,20,21,22). The van der Waals surface area contributed by atoms with Crippen LogP contribution in [0.5, 0.6) is 0 Å². The van der Waals surface area contributed by atoms with Gasteiger partial charge in [-0.3, -0.25) is 4.79 Å². The third-order valence-electron chi connectivity index (χ3n) is 3.65. The summed E-state index contributed by atoms with van der Waals surface area (Å²) in [6.45, 7) is 2.03. The van der Waals surface area contributed by atoms with Gasteiger partial charge in [-0.05, 0) is 31.2 Å². The average molecular weight is 318 g/mol. The number of benzene rings is 2. The number of hydrogen-bond acceptors (Lipinski definition) is 4. The summed E-state index contributed by atoms with van der Waals surface area (Å²) in [4.78, 5) is 22.5. The predicted octanol–water partition coefficient (Wildman–Crippen LogP) is 3.81. The van der Waals surface area contributed by atoms with Crippen molar-refractivity contribution in [1.29, 1.82) is 0 Å². The van der Waals surface area contributed by atoms with Crippen LogP contribution in [0.25, 0.3) is 0 Å². The van der Waals surface area contributed by atoms with E-state index in [0.29, 0.717) is 11.5 Å². The van der Waals surface area contributed by atoms with Gasteiger partial charge in [0.2, 0.25) is 5.95 Å². The van der Waals surface area contributed by atoms with Crippen molar-refractivity contribution >= 4 is 23.2 Å². The van der Waals surface area contributed by atoms with Crippen LogP contribution >= 0.6 is 0 Å². The molecule has 120 valence electrons. The number of nitrogens with one attached hydrogen (secondary N) is 1. The van der Waals surface area contributed by atoms with Crippen LogP contribution in [-0.2, 0) is 0 Å². The highest BCUT2D eigenvalue weighted by Crippen LogP contribution is 2.16. The normalized spacial score (nSPS) is 10.2. The molecule has 0 aliphatic carbocycles. The summed E-state index contributed by atoms with van der Waals surface area (Å²) in [5, 5.41) is 3.11. The second-order valence-electron chi connectivity index (χ2n) is 5.49. The minimum Gasteiger partial charge on any atom is -0.324 e. The van der Waals surface area contributed by atoms with Crippen LogP contribution in [0.3, 0.4) is 0 Å². The van der Waals surface area contributed by atoms with Crippen molar-refractivity contribution in [2.45, 2.75) is 6.92 Å². The van der Waals surface area contributed by atoms with E-state index in [1.54, 1.807) is 11.9 Å². The van der Waals surface area contributed by atoms with Crippen molar-refractivity contribution in [3.63, 3.8) is 0 Å². The van der Waals surface area contributed by atoms with Crippen molar-refractivity contribution in [3.05, 3.63) is 78.1 Å². The highest BCUT2D eigenvalue weighted by molar-refractivity contribution is 6.05. The smallest absolute Gasteiger partial charge is 0.261 e. The van der Waals surface area contributed by atoms with Gasteiger partial charge in [0.25, 0.3) is 5.91 Å². The van der Waals surface area contributed by atoms with E-state index in [9.17, 15) is 4.79 Å². The maximum atomic E-state index is 12.5. The Kier molecular flexibility index (Phi) is 4.52. The van der Waals surface area contributed by atoms with E-state index in [0.717, 1.165) is 11.4 Å². The minimum atomic E-state index is -0.150. The number of carbonyl (C=O) groups is 1. The van der Waals surface area contributed by atoms with Crippen molar-refractivity contribution in [2.24, 2.45) is 0 Å². The monoisotopic (exact) mass is 318 g/mol. The van der Waals surface area contributed by atoms with Crippen molar-refractivity contribution in [3.8, 4) is 0 Å². The molecule has 1 heterocycles. The maximum absolute atomic E-state index is 12.5. The lowest BCUT2D eigenvalue weighted by Gasteiger charge is -2.17. The first kappa shape index (κ1) is 15.7. The molecule has 1 N–H and O–H groups in total. The molecule has 2 aromatic carbocycles. The van der Waals surface area contributed by atoms with E-state index in [-0.39, 0.29) is 5.91 Å². The van der Waals surface area contributed by atoms with Crippen molar-refractivity contribution in [1.82, 2.24) is 9.97 Å². The number of nitrogens with zero attached hydrogens (tertiary/aromatic N) is 3. The molecule has 1 aromatic heterocycles. The molecule has 3 aromatic rings. The Labute approximate surface area is 141 Å². The molecule has 0 bridgehead atoms. The van der Waals surface area contributed by atoms with Gasteiger partial charge >= 0.3 is 0 Å². The number of rotatable bonds is 4. The van der Waals surface area contributed by atoms with E-state index < -0.39 is 0 Å². The summed E-state index contributed by atoms with van der Waals surface area (Å²) in [5.74, 6) is 0.306. The first-order chi connectivity index (χ1) is 11.6. The molecule has 0 unspecified atom stereocenters. The molecule has 0 aliphatic rings. The van der Waals surface area contributed by atoms with Gasteiger partial charge in [0.15, 0.2) is 0 Å². The zero-order valence-electron chi connectivity index (χ0n) is 13.6. The lowest BCUT2D eigenvalue weighted by atomic mass is 10.2. The van der Waals surface area contributed by atoms with Gasteiger partial charge in [-0.15, -0.1) is 0 Å². The molecular weight excluding hydrogens is 300 g/mol. The van der Waals surface area contributed by atoms with Gasteiger partial charge < -0.3 is 10.2 Å². The van der Waals surface area contributed by atoms with Gasteiger partial charge in [-0.25, -0.2) is 9.97 Å². The fourth-order valence-electron chi connectivity index (χ4n) is 2.23. The Bertz CT molecular complexity index is 814. The third-order valence-corrected chi connectivity index (χ3v) is 3.65. The van der Waals surface area contributed by atoms with Crippen LogP contribution in [0.15, 0.2) is 67.0 Å². The third kappa shape index (κ3) is 3.57. The van der Waals surface area contributed by atoms with E-state index in [1.807, 2.05) is 61.5 Å². The molecule has 0 fully saturated rings. The Morgan fingerprint density at radius 2 is 1.58 bits per heavy atom. The number of anilines is 3. The van der Waals surface area contributed by atoms with Crippen LogP contribution in [0.1, 0.15) is 15.9 Å². The fraction of sp³-hybridized carbons (Fsp3) is 0.105. The van der Waals surface area contributed by atoms with Crippen molar-refractivity contribution in [2.75, 3.05) is 17.3 Å². The average Bonchev–Trinajstić information content (AvgIpc) is 2.64. The lowest BCUT2D eigenvalue weighted by molar-refractivity contribution is 0.0992. The Hall–Kier alpha value is -3.21. The molecular formula is C19H18N4O. The topological polar surface area (TPSA) is 58.1 Å². The van der Waals surface area contributed by atoms with Gasteiger partial charge in [-0.1, -0.05) is 35.9 Å². The van der Waals surface area contributed by atoms with Crippen LogP contribution < -0.4 is 10.2 Å². The highest BCUT2D eigenvalue weighted by atomic mass is 16.2. The first-order valence-corrected chi connectivity index (χ1v) is 7.62. The molecule has 3 rings (SSSR count). The number of aryl methyl sites for hydroxylation is 1. The molecule has 0 aliphatic heterocycles. The number of aromatic nitrogens is 2. The van der Waals surface area contributed by atoms with Crippen LogP contribution in [0.4, 0.5) is 17.3 Å². The molecule has 0 atom stereocenters. The molecule has 5 nitrogen and oxygen atoms in total. The quantitative estimate of drug-likeness (QED) is 0.795. The Morgan fingerprint density at radius 1 is 0.958 bits per heavy atom. The van der Waals surface area contributed by atoms with E-state index in [2.05, 4.69) is 15.3 Å². The SMILES string of the molecule is Cc1ccc(Nc2ncc(C(=O)N(C)c3ccccc3)cn2)cc1. The van der Waals surface area contributed by atoms with E-state index >= 15 is 0 Å². The van der Waals surface area contributed by atoms with Crippen LogP contribution in [0, 0.1) is 6.92 Å².